The van der Waals surface area contributed by atoms with E-state index in [1.54, 1.807) is 0 Å². The third kappa shape index (κ3) is 4.58. The number of likely N-dealkylation sites (tertiary alicyclic amines) is 1. The second kappa shape index (κ2) is 8.58. The summed E-state index contributed by atoms with van der Waals surface area (Å²) in [5.74, 6) is 0.683. The standard InChI is InChI=1S/C18H31N5O2/c1-2-6-21(5-1)9-11-25-15-17-18-13-22(12-16-4-10-24-14-16)7-3-8-23(18)20-19-17/h16H,1-15H2. The highest BCUT2D eigenvalue weighted by Gasteiger charge is 2.24. The molecule has 2 fully saturated rings. The van der Waals surface area contributed by atoms with E-state index < -0.39 is 0 Å². The number of rotatable bonds is 7. The lowest BCUT2D eigenvalue weighted by atomic mass is 10.1. The predicted octanol–water partition coefficient (Wildman–Crippen LogP) is 1.13. The van der Waals surface area contributed by atoms with Crippen molar-refractivity contribution in [2.75, 3.05) is 52.5 Å². The molecule has 0 bridgehead atoms. The summed E-state index contributed by atoms with van der Waals surface area (Å²) in [6.45, 7) is 10.9. The highest BCUT2D eigenvalue weighted by Crippen LogP contribution is 2.20. The lowest BCUT2D eigenvalue weighted by molar-refractivity contribution is 0.0959. The zero-order valence-corrected chi connectivity index (χ0v) is 15.2. The number of aromatic nitrogens is 3. The second-order valence-corrected chi connectivity index (χ2v) is 7.63. The van der Waals surface area contributed by atoms with Crippen molar-refractivity contribution in [3.05, 3.63) is 11.4 Å². The minimum Gasteiger partial charge on any atom is -0.381 e. The summed E-state index contributed by atoms with van der Waals surface area (Å²) in [7, 11) is 0. The first kappa shape index (κ1) is 17.4. The van der Waals surface area contributed by atoms with Crippen LogP contribution in [0.5, 0.6) is 0 Å². The Morgan fingerprint density at radius 2 is 1.96 bits per heavy atom. The van der Waals surface area contributed by atoms with Gasteiger partial charge in [-0.3, -0.25) is 4.90 Å². The zero-order chi connectivity index (χ0) is 16.9. The Labute approximate surface area is 150 Å². The number of nitrogens with zero attached hydrogens (tertiary/aromatic N) is 5. The van der Waals surface area contributed by atoms with Gasteiger partial charge in [0.05, 0.1) is 25.5 Å². The van der Waals surface area contributed by atoms with Crippen molar-refractivity contribution in [2.45, 2.75) is 45.4 Å². The average Bonchev–Trinajstić information content (AvgIpc) is 3.34. The van der Waals surface area contributed by atoms with Gasteiger partial charge in [0.15, 0.2) is 0 Å². The highest BCUT2D eigenvalue weighted by atomic mass is 16.5. The highest BCUT2D eigenvalue weighted by molar-refractivity contribution is 5.10. The molecule has 4 heterocycles. The van der Waals surface area contributed by atoms with E-state index in [9.17, 15) is 0 Å². The molecule has 0 amide bonds. The van der Waals surface area contributed by atoms with E-state index >= 15 is 0 Å². The Bertz CT molecular complexity index is 538. The molecular weight excluding hydrogens is 318 g/mol. The van der Waals surface area contributed by atoms with Crippen molar-refractivity contribution in [1.29, 1.82) is 0 Å². The van der Waals surface area contributed by atoms with Gasteiger partial charge < -0.3 is 14.4 Å². The van der Waals surface area contributed by atoms with Gasteiger partial charge in [0.1, 0.15) is 5.69 Å². The van der Waals surface area contributed by atoms with Gasteiger partial charge in [-0.15, -0.1) is 5.10 Å². The largest absolute Gasteiger partial charge is 0.381 e. The van der Waals surface area contributed by atoms with Crippen molar-refractivity contribution in [3.8, 4) is 0 Å². The molecule has 140 valence electrons. The molecule has 3 aliphatic rings. The van der Waals surface area contributed by atoms with Gasteiger partial charge in [-0.2, -0.15) is 0 Å². The molecule has 2 saturated heterocycles. The van der Waals surface area contributed by atoms with E-state index in [0.29, 0.717) is 12.5 Å². The van der Waals surface area contributed by atoms with Crippen molar-refractivity contribution in [2.24, 2.45) is 5.92 Å². The maximum Gasteiger partial charge on any atom is 0.113 e. The molecule has 0 spiro atoms. The van der Waals surface area contributed by atoms with Crippen molar-refractivity contribution in [3.63, 3.8) is 0 Å². The summed E-state index contributed by atoms with van der Waals surface area (Å²) in [5, 5.41) is 8.76. The van der Waals surface area contributed by atoms with Gasteiger partial charge in [-0.25, -0.2) is 4.68 Å². The lowest BCUT2D eigenvalue weighted by Gasteiger charge is -2.22. The lowest BCUT2D eigenvalue weighted by Crippen LogP contribution is -2.30. The van der Waals surface area contributed by atoms with Gasteiger partial charge >= 0.3 is 0 Å². The Balaban J connectivity index is 1.29. The van der Waals surface area contributed by atoms with Crippen molar-refractivity contribution in [1.82, 2.24) is 24.8 Å². The van der Waals surface area contributed by atoms with Crippen LogP contribution in [-0.4, -0.2) is 77.3 Å². The Kier molecular flexibility index (Phi) is 5.97. The molecule has 25 heavy (non-hydrogen) atoms. The summed E-state index contributed by atoms with van der Waals surface area (Å²) in [6, 6.07) is 0. The number of hydrogen-bond donors (Lipinski definition) is 0. The van der Waals surface area contributed by atoms with E-state index in [0.717, 1.165) is 64.7 Å². The molecule has 0 aromatic carbocycles. The van der Waals surface area contributed by atoms with Gasteiger partial charge in [0, 0.05) is 39.3 Å². The quantitative estimate of drug-likeness (QED) is 0.688. The van der Waals surface area contributed by atoms with Crippen LogP contribution in [0.2, 0.25) is 0 Å². The summed E-state index contributed by atoms with van der Waals surface area (Å²) in [5.41, 5.74) is 2.27. The molecule has 7 nitrogen and oxygen atoms in total. The van der Waals surface area contributed by atoms with Crippen LogP contribution in [0.4, 0.5) is 0 Å². The first-order valence-electron chi connectivity index (χ1n) is 9.90. The van der Waals surface area contributed by atoms with Crippen LogP contribution >= 0.6 is 0 Å². The topological polar surface area (TPSA) is 55.7 Å². The third-order valence-corrected chi connectivity index (χ3v) is 5.67. The minimum atomic E-state index is 0.587. The molecule has 1 aromatic rings. The molecule has 1 atom stereocenters. The minimum absolute atomic E-state index is 0.587. The molecule has 1 unspecified atom stereocenters. The summed E-state index contributed by atoms with van der Waals surface area (Å²) in [4.78, 5) is 5.03. The van der Waals surface area contributed by atoms with E-state index in [1.807, 2.05) is 0 Å². The maximum atomic E-state index is 5.92. The fourth-order valence-electron chi connectivity index (χ4n) is 4.19. The first-order valence-corrected chi connectivity index (χ1v) is 9.90. The van der Waals surface area contributed by atoms with Crippen LogP contribution in [0.25, 0.3) is 0 Å². The molecule has 0 radical (unpaired) electrons. The van der Waals surface area contributed by atoms with Crippen LogP contribution in [0.3, 0.4) is 0 Å². The van der Waals surface area contributed by atoms with Crippen LogP contribution in [-0.2, 0) is 29.2 Å². The molecule has 0 aliphatic carbocycles. The third-order valence-electron chi connectivity index (χ3n) is 5.67. The summed E-state index contributed by atoms with van der Waals surface area (Å²) >= 11 is 0. The molecule has 0 N–H and O–H groups in total. The monoisotopic (exact) mass is 349 g/mol. The molecule has 3 aliphatic heterocycles. The number of hydrogen-bond acceptors (Lipinski definition) is 6. The average molecular weight is 349 g/mol. The van der Waals surface area contributed by atoms with E-state index in [1.165, 1.54) is 38.0 Å². The second-order valence-electron chi connectivity index (χ2n) is 7.63. The SMILES string of the molecule is C1CCN(CCOCc2nnn3c2CN(CC2CCOC2)CCC3)C1. The van der Waals surface area contributed by atoms with Gasteiger partial charge in [-0.05, 0) is 44.7 Å². The van der Waals surface area contributed by atoms with E-state index in [2.05, 4.69) is 24.8 Å². The normalized spacial score (nSPS) is 25.4. The van der Waals surface area contributed by atoms with E-state index in [-0.39, 0.29) is 0 Å². The number of fused-ring (bicyclic) bond motifs is 1. The Morgan fingerprint density at radius 3 is 2.80 bits per heavy atom. The van der Waals surface area contributed by atoms with Gasteiger partial charge in [0.2, 0.25) is 0 Å². The zero-order valence-electron chi connectivity index (χ0n) is 15.2. The summed E-state index contributed by atoms with van der Waals surface area (Å²) in [6.07, 6.45) is 5.00. The Hall–Kier alpha value is -1.02. The smallest absolute Gasteiger partial charge is 0.113 e. The number of aryl methyl sites for hydroxylation is 1. The van der Waals surface area contributed by atoms with Gasteiger partial charge in [0.25, 0.3) is 0 Å². The van der Waals surface area contributed by atoms with Gasteiger partial charge in [-0.1, -0.05) is 5.21 Å². The predicted molar refractivity (Wildman–Crippen MR) is 94.2 cm³/mol. The van der Waals surface area contributed by atoms with Crippen LogP contribution < -0.4 is 0 Å². The molecule has 4 rings (SSSR count). The van der Waals surface area contributed by atoms with E-state index in [4.69, 9.17) is 9.47 Å². The Morgan fingerprint density at radius 1 is 1.08 bits per heavy atom. The molecular formula is C18H31N5O2. The fraction of sp³-hybridized carbons (Fsp3) is 0.889. The number of ether oxygens (including phenoxy) is 2. The van der Waals surface area contributed by atoms with Crippen molar-refractivity contribution < 1.29 is 9.47 Å². The first-order chi connectivity index (χ1) is 12.4. The molecule has 0 saturated carbocycles. The van der Waals surface area contributed by atoms with Crippen LogP contribution in [0, 0.1) is 5.92 Å². The maximum absolute atomic E-state index is 5.92. The molecule has 1 aromatic heterocycles. The summed E-state index contributed by atoms with van der Waals surface area (Å²) < 4.78 is 13.5. The van der Waals surface area contributed by atoms with Crippen LogP contribution in [0.15, 0.2) is 0 Å². The molecule has 7 heteroatoms. The van der Waals surface area contributed by atoms with Crippen molar-refractivity contribution >= 4 is 0 Å². The fourth-order valence-corrected chi connectivity index (χ4v) is 4.19. The van der Waals surface area contributed by atoms with Crippen LogP contribution in [0.1, 0.15) is 37.1 Å².